The molecule has 0 saturated carbocycles. The average molecular weight is 249 g/mol. The zero-order chi connectivity index (χ0) is 12.4. The molecule has 2 aliphatic rings. The van der Waals surface area contributed by atoms with Crippen LogP contribution in [0.3, 0.4) is 0 Å². The Kier molecular flexibility index (Phi) is 3.29. The summed E-state index contributed by atoms with van der Waals surface area (Å²) in [4.78, 5) is 11.3. The number of anilines is 2. The number of aryl methyl sites for hydroxylation is 1. The molecule has 0 radical (unpaired) electrons. The Labute approximate surface area is 107 Å². The van der Waals surface area contributed by atoms with Crippen LogP contribution in [0.15, 0.2) is 6.07 Å². The Balaban J connectivity index is 1.75. The van der Waals surface area contributed by atoms with Crippen LogP contribution in [0.5, 0.6) is 0 Å². The lowest BCUT2D eigenvalue weighted by molar-refractivity contribution is 0.122. The Morgan fingerprint density at radius 3 is 2.78 bits per heavy atom. The highest BCUT2D eigenvalue weighted by molar-refractivity contribution is 5.45. The van der Waals surface area contributed by atoms with Crippen molar-refractivity contribution < 1.29 is 4.74 Å². The average Bonchev–Trinajstić information content (AvgIpc) is 2.34. The maximum Gasteiger partial charge on any atom is 0.227 e. The van der Waals surface area contributed by atoms with Gasteiger partial charge in [0, 0.05) is 37.9 Å². The van der Waals surface area contributed by atoms with Crippen molar-refractivity contribution in [3.8, 4) is 0 Å². The van der Waals surface area contributed by atoms with Crippen LogP contribution in [0.2, 0.25) is 0 Å². The second-order valence-electron chi connectivity index (χ2n) is 4.79. The van der Waals surface area contributed by atoms with E-state index in [2.05, 4.69) is 25.5 Å². The molecule has 0 spiro atoms. The van der Waals surface area contributed by atoms with Crippen molar-refractivity contribution in [2.45, 2.75) is 13.0 Å². The number of ether oxygens (including phenoxy) is 1. The van der Waals surface area contributed by atoms with E-state index in [0.29, 0.717) is 6.04 Å². The van der Waals surface area contributed by atoms with Crippen LogP contribution in [0.1, 0.15) is 5.69 Å². The maximum atomic E-state index is 5.35. The number of hydrogen-bond acceptors (Lipinski definition) is 6. The Morgan fingerprint density at radius 2 is 2.11 bits per heavy atom. The van der Waals surface area contributed by atoms with Gasteiger partial charge < -0.3 is 20.3 Å². The van der Waals surface area contributed by atoms with E-state index in [1.54, 1.807) is 0 Å². The first kappa shape index (κ1) is 11.7. The summed E-state index contributed by atoms with van der Waals surface area (Å²) < 4.78 is 5.35. The number of rotatable bonds is 3. The standard InChI is InChI=1S/C12H19N5O/c1-9-6-11(15-10-7-13-8-10)16-12(14-9)17-2-4-18-5-3-17/h6,10,13H,2-5,7-8H2,1H3,(H,14,15,16). The molecule has 98 valence electrons. The number of nitrogens with zero attached hydrogens (tertiary/aromatic N) is 3. The molecule has 18 heavy (non-hydrogen) atoms. The highest BCUT2D eigenvalue weighted by Gasteiger charge is 2.19. The third-order valence-electron chi connectivity index (χ3n) is 3.27. The molecule has 6 heteroatoms. The Morgan fingerprint density at radius 1 is 1.33 bits per heavy atom. The number of hydrogen-bond donors (Lipinski definition) is 2. The van der Waals surface area contributed by atoms with Gasteiger partial charge in [-0.25, -0.2) is 4.98 Å². The van der Waals surface area contributed by atoms with Crippen LogP contribution >= 0.6 is 0 Å². The molecule has 0 aromatic carbocycles. The number of aromatic nitrogens is 2. The van der Waals surface area contributed by atoms with Crippen LogP contribution in [0.25, 0.3) is 0 Å². The van der Waals surface area contributed by atoms with Gasteiger partial charge in [-0.2, -0.15) is 4.98 Å². The van der Waals surface area contributed by atoms with Crippen molar-refractivity contribution in [3.05, 3.63) is 11.8 Å². The predicted octanol–water partition coefficient (Wildman–Crippen LogP) is 0.00532. The van der Waals surface area contributed by atoms with Crippen molar-refractivity contribution in [1.29, 1.82) is 0 Å². The molecule has 1 aromatic rings. The zero-order valence-corrected chi connectivity index (χ0v) is 10.6. The fourth-order valence-corrected chi connectivity index (χ4v) is 2.13. The molecule has 2 saturated heterocycles. The molecule has 0 unspecified atom stereocenters. The van der Waals surface area contributed by atoms with E-state index in [0.717, 1.165) is 56.9 Å². The van der Waals surface area contributed by atoms with E-state index < -0.39 is 0 Å². The third kappa shape index (κ3) is 2.54. The van der Waals surface area contributed by atoms with Gasteiger partial charge in [0.25, 0.3) is 0 Å². The minimum atomic E-state index is 0.497. The first-order valence-electron chi connectivity index (χ1n) is 6.47. The van der Waals surface area contributed by atoms with E-state index in [4.69, 9.17) is 4.74 Å². The normalized spacial score (nSPS) is 20.6. The fourth-order valence-electron chi connectivity index (χ4n) is 2.13. The smallest absolute Gasteiger partial charge is 0.227 e. The second kappa shape index (κ2) is 5.07. The molecule has 2 aliphatic heterocycles. The SMILES string of the molecule is Cc1cc(NC2CNC2)nc(N2CCOCC2)n1. The summed E-state index contributed by atoms with van der Waals surface area (Å²) in [6.45, 7) is 7.28. The fraction of sp³-hybridized carbons (Fsp3) is 0.667. The van der Waals surface area contributed by atoms with Crippen LogP contribution in [-0.4, -0.2) is 55.4 Å². The second-order valence-corrected chi connectivity index (χ2v) is 4.79. The van der Waals surface area contributed by atoms with Crippen molar-refractivity contribution in [3.63, 3.8) is 0 Å². The lowest BCUT2D eigenvalue weighted by Gasteiger charge is -2.30. The minimum Gasteiger partial charge on any atom is -0.378 e. The van der Waals surface area contributed by atoms with Gasteiger partial charge in [-0.3, -0.25) is 0 Å². The van der Waals surface area contributed by atoms with E-state index in [-0.39, 0.29) is 0 Å². The van der Waals surface area contributed by atoms with Crippen LogP contribution in [-0.2, 0) is 4.74 Å². The molecular weight excluding hydrogens is 230 g/mol. The van der Waals surface area contributed by atoms with Gasteiger partial charge >= 0.3 is 0 Å². The van der Waals surface area contributed by atoms with E-state index >= 15 is 0 Å². The van der Waals surface area contributed by atoms with Gasteiger partial charge in [0.1, 0.15) is 5.82 Å². The molecular formula is C12H19N5O. The lowest BCUT2D eigenvalue weighted by Crippen LogP contribution is -2.51. The summed E-state index contributed by atoms with van der Waals surface area (Å²) in [5.41, 5.74) is 1.00. The zero-order valence-electron chi connectivity index (χ0n) is 10.6. The largest absolute Gasteiger partial charge is 0.378 e. The number of nitrogens with one attached hydrogen (secondary N) is 2. The molecule has 0 aliphatic carbocycles. The Bertz CT molecular complexity index is 415. The molecule has 6 nitrogen and oxygen atoms in total. The first-order valence-corrected chi connectivity index (χ1v) is 6.47. The predicted molar refractivity (Wildman–Crippen MR) is 70.1 cm³/mol. The van der Waals surface area contributed by atoms with Gasteiger partial charge in [0.05, 0.1) is 19.3 Å². The van der Waals surface area contributed by atoms with Gasteiger partial charge in [-0.15, -0.1) is 0 Å². The third-order valence-corrected chi connectivity index (χ3v) is 3.27. The highest BCUT2D eigenvalue weighted by Crippen LogP contribution is 2.16. The van der Waals surface area contributed by atoms with Crippen molar-refractivity contribution in [1.82, 2.24) is 15.3 Å². The van der Waals surface area contributed by atoms with E-state index in [9.17, 15) is 0 Å². The topological polar surface area (TPSA) is 62.3 Å². The summed E-state index contributed by atoms with van der Waals surface area (Å²) in [6.07, 6.45) is 0. The summed E-state index contributed by atoms with van der Waals surface area (Å²) in [6, 6.07) is 2.50. The summed E-state index contributed by atoms with van der Waals surface area (Å²) in [7, 11) is 0. The van der Waals surface area contributed by atoms with Gasteiger partial charge in [0.2, 0.25) is 5.95 Å². The molecule has 1 aromatic heterocycles. The minimum absolute atomic E-state index is 0.497. The lowest BCUT2D eigenvalue weighted by atomic mass is 10.2. The maximum absolute atomic E-state index is 5.35. The molecule has 2 fully saturated rings. The number of morpholine rings is 1. The van der Waals surface area contributed by atoms with Gasteiger partial charge in [-0.1, -0.05) is 0 Å². The van der Waals surface area contributed by atoms with Crippen molar-refractivity contribution in [2.75, 3.05) is 49.6 Å². The molecule has 0 atom stereocenters. The summed E-state index contributed by atoms with van der Waals surface area (Å²) in [5.74, 6) is 1.74. The monoisotopic (exact) mass is 249 g/mol. The van der Waals surface area contributed by atoms with Crippen molar-refractivity contribution in [2.24, 2.45) is 0 Å². The van der Waals surface area contributed by atoms with Crippen LogP contribution in [0.4, 0.5) is 11.8 Å². The molecule has 3 heterocycles. The summed E-state index contributed by atoms with van der Waals surface area (Å²) in [5, 5.41) is 6.67. The van der Waals surface area contributed by atoms with Gasteiger partial charge in [-0.05, 0) is 6.92 Å². The molecule has 0 bridgehead atoms. The van der Waals surface area contributed by atoms with Crippen molar-refractivity contribution >= 4 is 11.8 Å². The van der Waals surface area contributed by atoms with E-state index in [1.165, 1.54) is 0 Å². The molecule has 3 rings (SSSR count). The Hall–Kier alpha value is -1.40. The van der Waals surface area contributed by atoms with Crippen LogP contribution < -0.4 is 15.5 Å². The first-order chi connectivity index (χ1) is 8.81. The molecule has 0 amide bonds. The van der Waals surface area contributed by atoms with E-state index in [1.807, 2.05) is 13.0 Å². The highest BCUT2D eigenvalue weighted by atomic mass is 16.5. The van der Waals surface area contributed by atoms with Crippen LogP contribution in [0, 0.1) is 6.92 Å². The summed E-state index contributed by atoms with van der Waals surface area (Å²) >= 11 is 0. The van der Waals surface area contributed by atoms with Gasteiger partial charge in [0.15, 0.2) is 0 Å². The quantitative estimate of drug-likeness (QED) is 0.786. The molecule has 2 N–H and O–H groups in total.